The van der Waals surface area contributed by atoms with Gasteiger partial charge in [-0.2, -0.15) is 17.0 Å². The molecular formula is C11H11NS. The molecule has 0 unspecified atom stereocenters. The summed E-state index contributed by atoms with van der Waals surface area (Å²) >= 11 is 1.82. The second-order valence-corrected chi connectivity index (χ2v) is 3.64. The number of nitriles is 1. The molecular weight excluding hydrogens is 178 g/mol. The van der Waals surface area contributed by atoms with E-state index in [1.54, 1.807) is 0 Å². The topological polar surface area (TPSA) is 23.8 Å². The van der Waals surface area contributed by atoms with Crippen LogP contribution in [-0.4, -0.2) is 5.75 Å². The van der Waals surface area contributed by atoms with Crippen LogP contribution in [0.2, 0.25) is 0 Å². The second kappa shape index (κ2) is 5.45. The van der Waals surface area contributed by atoms with Crippen LogP contribution < -0.4 is 0 Å². The van der Waals surface area contributed by atoms with Gasteiger partial charge in [0.1, 0.15) is 0 Å². The van der Waals surface area contributed by atoms with E-state index in [4.69, 9.17) is 5.26 Å². The zero-order valence-corrected chi connectivity index (χ0v) is 8.18. The Balaban J connectivity index is 2.50. The minimum atomic E-state index is 0.720. The van der Waals surface area contributed by atoms with Crippen LogP contribution in [0.25, 0.3) is 0 Å². The van der Waals surface area contributed by atoms with Gasteiger partial charge in [-0.3, -0.25) is 0 Å². The third kappa shape index (κ3) is 3.35. The molecule has 1 aromatic rings. The van der Waals surface area contributed by atoms with Crippen LogP contribution in [0, 0.1) is 11.3 Å². The fraction of sp³-hybridized carbons (Fsp3) is 0.182. The maximum Gasteiger partial charge on any atom is 0.0991 e. The first-order valence-corrected chi connectivity index (χ1v) is 5.20. The number of nitrogens with zero attached hydrogens (tertiary/aromatic N) is 1. The van der Waals surface area contributed by atoms with E-state index in [0.29, 0.717) is 0 Å². The summed E-state index contributed by atoms with van der Waals surface area (Å²) in [6, 6.07) is 9.79. The monoisotopic (exact) mass is 189 g/mol. The van der Waals surface area contributed by atoms with E-state index in [0.717, 1.165) is 17.1 Å². The van der Waals surface area contributed by atoms with Crippen LogP contribution in [0.15, 0.2) is 36.9 Å². The summed E-state index contributed by atoms with van der Waals surface area (Å²) < 4.78 is 0. The lowest BCUT2D eigenvalue weighted by Gasteiger charge is -1.98. The molecule has 1 aromatic carbocycles. The molecule has 1 nitrogen and oxygen atoms in total. The van der Waals surface area contributed by atoms with Crippen molar-refractivity contribution in [3.05, 3.63) is 48.0 Å². The molecule has 0 aliphatic rings. The fourth-order valence-corrected chi connectivity index (χ4v) is 1.65. The molecule has 0 heterocycles. The molecule has 13 heavy (non-hydrogen) atoms. The highest BCUT2D eigenvalue weighted by Gasteiger charge is 1.92. The normalized spacial score (nSPS) is 9.15. The molecule has 0 bridgehead atoms. The van der Waals surface area contributed by atoms with Gasteiger partial charge >= 0.3 is 0 Å². The Labute approximate surface area is 83.1 Å². The lowest BCUT2D eigenvalue weighted by Crippen LogP contribution is -1.81. The number of thioether (sulfide) groups is 1. The minimum absolute atomic E-state index is 0.720. The van der Waals surface area contributed by atoms with Crippen LogP contribution in [0.1, 0.15) is 11.1 Å². The van der Waals surface area contributed by atoms with Gasteiger partial charge in [0.15, 0.2) is 0 Å². The van der Waals surface area contributed by atoms with Crippen molar-refractivity contribution in [2.75, 3.05) is 5.75 Å². The maximum atomic E-state index is 8.57. The lowest BCUT2D eigenvalue weighted by atomic mass is 10.2. The van der Waals surface area contributed by atoms with E-state index < -0.39 is 0 Å². The predicted molar refractivity (Wildman–Crippen MR) is 57.5 cm³/mol. The molecule has 0 aromatic heterocycles. The first kappa shape index (κ1) is 9.88. The van der Waals surface area contributed by atoms with Gasteiger partial charge in [0.25, 0.3) is 0 Å². The van der Waals surface area contributed by atoms with Crippen molar-refractivity contribution in [1.29, 1.82) is 5.26 Å². The van der Waals surface area contributed by atoms with Crippen LogP contribution in [0.4, 0.5) is 0 Å². The van der Waals surface area contributed by atoms with Gasteiger partial charge in [0.2, 0.25) is 0 Å². The van der Waals surface area contributed by atoms with E-state index in [-0.39, 0.29) is 0 Å². The average Bonchev–Trinajstić information content (AvgIpc) is 2.19. The summed E-state index contributed by atoms with van der Waals surface area (Å²) in [5.74, 6) is 1.96. The SMILES string of the molecule is C=CCSCc1ccc(C#N)cc1. The number of rotatable bonds is 4. The third-order valence-corrected chi connectivity index (χ3v) is 2.60. The molecule has 0 spiro atoms. The Kier molecular flexibility index (Phi) is 4.14. The zero-order chi connectivity index (χ0) is 9.52. The van der Waals surface area contributed by atoms with Gasteiger partial charge in [-0.15, -0.1) is 6.58 Å². The van der Waals surface area contributed by atoms with Crippen molar-refractivity contribution < 1.29 is 0 Å². The van der Waals surface area contributed by atoms with Gasteiger partial charge in [-0.1, -0.05) is 18.2 Å². The molecule has 0 saturated heterocycles. The van der Waals surface area contributed by atoms with E-state index in [1.165, 1.54) is 5.56 Å². The highest BCUT2D eigenvalue weighted by molar-refractivity contribution is 7.98. The number of hydrogen-bond acceptors (Lipinski definition) is 2. The van der Waals surface area contributed by atoms with Gasteiger partial charge in [-0.05, 0) is 17.7 Å². The molecule has 0 amide bonds. The Morgan fingerprint density at radius 1 is 1.38 bits per heavy atom. The van der Waals surface area contributed by atoms with E-state index in [2.05, 4.69) is 12.6 Å². The van der Waals surface area contributed by atoms with Crippen molar-refractivity contribution in [2.45, 2.75) is 5.75 Å². The highest BCUT2D eigenvalue weighted by atomic mass is 32.2. The molecule has 0 saturated carbocycles. The molecule has 2 heteroatoms. The average molecular weight is 189 g/mol. The van der Waals surface area contributed by atoms with Crippen molar-refractivity contribution >= 4 is 11.8 Å². The number of benzene rings is 1. The molecule has 1 rings (SSSR count). The summed E-state index contributed by atoms with van der Waals surface area (Å²) in [5.41, 5.74) is 1.98. The summed E-state index contributed by atoms with van der Waals surface area (Å²) in [5, 5.41) is 8.57. The molecule has 0 aliphatic carbocycles. The smallest absolute Gasteiger partial charge is 0.0991 e. The highest BCUT2D eigenvalue weighted by Crippen LogP contribution is 2.12. The first-order chi connectivity index (χ1) is 6.36. The first-order valence-electron chi connectivity index (χ1n) is 4.04. The predicted octanol–water partition coefficient (Wildman–Crippen LogP) is 2.98. The fourth-order valence-electron chi connectivity index (χ4n) is 0.936. The van der Waals surface area contributed by atoms with Crippen molar-refractivity contribution in [3.8, 4) is 6.07 Å². The Bertz CT molecular complexity index is 308. The second-order valence-electron chi connectivity index (χ2n) is 2.61. The zero-order valence-electron chi connectivity index (χ0n) is 7.36. The van der Waals surface area contributed by atoms with E-state index >= 15 is 0 Å². The van der Waals surface area contributed by atoms with Crippen molar-refractivity contribution in [2.24, 2.45) is 0 Å². The van der Waals surface area contributed by atoms with Gasteiger partial charge < -0.3 is 0 Å². The molecule has 0 N–H and O–H groups in total. The van der Waals surface area contributed by atoms with Crippen LogP contribution >= 0.6 is 11.8 Å². The summed E-state index contributed by atoms with van der Waals surface area (Å²) in [7, 11) is 0. The summed E-state index contributed by atoms with van der Waals surface area (Å²) in [6.45, 7) is 3.66. The third-order valence-electron chi connectivity index (χ3n) is 1.59. The van der Waals surface area contributed by atoms with Crippen LogP contribution in [-0.2, 0) is 5.75 Å². The van der Waals surface area contributed by atoms with Gasteiger partial charge in [0, 0.05) is 11.5 Å². The lowest BCUT2D eigenvalue weighted by molar-refractivity contribution is 1.39. The molecule has 66 valence electrons. The Morgan fingerprint density at radius 2 is 2.08 bits per heavy atom. The van der Waals surface area contributed by atoms with E-state index in [9.17, 15) is 0 Å². The maximum absolute atomic E-state index is 8.57. The van der Waals surface area contributed by atoms with E-state index in [1.807, 2.05) is 42.1 Å². The van der Waals surface area contributed by atoms with Crippen LogP contribution in [0.3, 0.4) is 0 Å². The molecule has 0 radical (unpaired) electrons. The number of hydrogen-bond donors (Lipinski definition) is 0. The minimum Gasteiger partial charge on any atom is -0.192 e. The van der Waals surface area contributed by atoms with Crippen molar-refractivity contribution in [1.82, 2.24) is 0 Å². The largest absolute Gasteiger partial charge is 0.192 e. The quantitative estimate of drug-likeness (QED) is 0.537. The van der Waals surface area contributed by atoms with Crippen LogP contribution in [0.5, 0.6) is 0 Å². The standard InChI is InChI=1S/C11H11NS/c1-2-7-13-9-11-5-3-10(8-12)4-6-11/h2-6H,1,7,9H2. The summed E-state index contributed by atoms with van der Waals surface area (Å²) in [4.78, 5) is 0. The Morgan fingerprint density at radius 3 is 2.62 bits per heavy atom. The Hall–Kier alpha value is -1.20. The van der Waals surface area contributed by atoms with Crippen molar-refractivity contribution in [3.63, 3.8) is 0 Å². The van der Waals surface area contributed by atoms with Gasteiger partial charge in [0.05, 0.1) is 11.6 Å². The molecule has 0 fully saturated rings. The molecule has 0 atom stereocenters. The van der Waals surface area contributed by atoms with Gasteiger partial charge in [-0.25, -0.2) is 0 Å². The molecule has 0 aliphatic heterocycles. The summed E-state index contributed by atoms with van der Waals surface area (Å²) in [6.07, 6.45) is 1.90.